The van der Waals surface area contributed by atoms with Crippen LogP contribution in [0, 0.1) is 0 Å². The SMILES string of the molecule is CONC(=O)[C@]1(O)C[C@H](c2ccccc2)[C@@]2(c3ccc(O)cc3)Oc3cc(OC)cc(OC)c3[C@@]12O. The second-order valence-corrected chi connectivity index (χ2v) is 8.96. The first kappa shape index (κ1) is 23.9. The van der Waals surface area contributed by atoms with Gasteiger partial charge in [-0.05, 0) is 29.7 Å². The van der Waals surface area contributed by atoms with Crippen molar-refractivity contribution in [3.63, 3.8) is 0 Å². The van der Waals surface area contributed by atoms with Crippen molar-refractivity contribution in [2.45, 2.75) is 29.1 Å². The highest BCUT2D eigenvalue weighted by Gasteiger charge is 2.81. The fourth-order valence-corrected chi connectivity index (χ4v) is 5.79. The Balaban J connectivity index is 1.90. The summed E-state index contributed by atoms with van der Waals surface area (Å²) in [5, 5.41) is 35.0. The third-order valence-corrected chi connectivity index (χ3v) is 7.32. The summed E-state index contributed by atoms with van der Waals surface area (Å²) in [6, 6.07) is 18.5. The van der Waals surface area contributed by atoms with Crippen molar-refractivity contribution in [1.29, 1.82) is 0 Å². The number of aromatic hydroxyl groups is 1. The largest absolute Gasteiger partial charge is 0.508 e. The number of hydrogen-bond donors (Lipinski definition) is 4. The maximum Gasteiger partial charge on any atom is 0.279 e. The minimum absolute atomic E-state index is 0.00935. The Morgan fingerprint density at radius 2 is 1.69 bits per heavy atom. The summed E-state index contributed by atoms with van der Waals surface area (Å²) in [5.41, 5.74) is -3.02. The molecule has 0 spiro atoms. The number of aliphatic hydroxyl groups is 2. The molecule has 4 atom stereocenters. The molecule has 1 saturated carbocycles. The van der Waals surface area contributed by atoms with E-state index in [0.717, 1.165) is 5.56 Å². The minimum atomic E-state index is -2.42. The molecule has 9 heteroatoms. The molecule has 4 N–H and O–H groups in total. The third-order valence-electron chi connectivity index (χ3n) is 7.32. The van der Waals surface area contributed by atoms with E-state index in [1.54, 1.807) is 24.3 Å². The van der Waals surface area contributed by atoms with Crippen molar-refractivity contribution < 1.29 is 39.2 Å². The average molecular weight is 494 g/mol. The molecule has 9 nitrogen and oxygen atoms in total. The molecule has 0 aromatic heterocycles. The van der Waals surface area contributed by atoms with Gasteiger partial charge >= 0.3 is 0 Å². The highest BCUT2D eigenvalue weighted by Crippen LogP contribution is 2.71. The van der Waals surface area contributed by atoms with Crippen molar-refractivity contribution >= 4 is 5.91 Å². The van der Waals surface area contributed by atoms with Crippen LogP contribution in [0.5, 0.6) is 23.0 Å². The van der Waals surface area contributed by atoms with Gasteiger partial charge in [0.2, 0.25) is 0 Å². The smallest absolute Gasteiger partial charge is 0.279 e. The Kier molecular flexibility index (Phi) is 5.59. The first-order valence-corrected chi connectivity index (χ1v) is 11.3. The molecule has 0 unspecified atom stereocenters. The van der Waals surface area contributed by atoms with Crippen LogP contribution in [0.3, 0.4) is 0 Å². The molecule has 36 heavy (non-hydrogen) atoms. The zero-order valence-electron chi connectivity index (χ0n) is 20.0. The Bertz CT molecular complexity index is 1300. The van der Waals surface area contributed by atoms with Gasteiger partial charge in [0.25, 0.3) is 5.91 Å². The first-order chi connectivity index (χ1) is 17.3. The lowest BCUT2D eigenvalue weighted by Crippen LogP contribution is -2.63. The molecule has 3 aromatic carbocycles. The topological polar surface area (TPSA) is 127 Å². The van der Waals surface area contributed by atoms with Gasteiger partial charge in [-0.2, -0.15) is 0 Å². The maximum absolute atomic E-state index is 13.4. The number of methoxy groups -OCH3 is 2. The molecule has 1 fully saturated rings. The van der Waals surface area contributed by atoms with E-state index < -0.39 is 28.6 Å². The number of nitrogens with one attached hydrogen (secondary N) is 1. The van der Waals surface area contributed by atoms with E-state index in [2.05, 4.69) is 5.48 Å². The standard InChI is InChI=1S/C27H27NO8/c1-33-19-13-21(34-2)23-22(14-19)36-26(17-9-11-18(29)12-10-17)20(16-7-5-4-6-8-16)15-25(31,27(23,26)32)24(30)28-35-3/h4-14,20,29,31-32H,15H2,1-3H3,(H,28,30)/t20-,25-,26-,27-/m1/s1. The number of amides is 1. The van der Waals surface area contributed by atoms with E-state index in [1.165, 1.54) is 33.5 Å². The summed E-state index contributed by atoms with van der Waals surface area (Å²) in [5.74, 6) is -0.894. The quantitative estimate of drug-likeness (QED) is 0.386. The Hall–Kier alpha value is -3.79. The van der Waals surface area contributed by atoms with Crippen LogP contribution in [0.25, 0.3) is 0 Å². The molecule has 1 heterocycles. The van der Waals surface area contributed by atoms with E-state index in [-0.39, 0.29) is 29.2 Å². The highest BCUT2D eigenvalue weighted by atomic mass is 16.6. The van der Waals surface area contributed by atoms with Crippen LogP contribution in [0.1, 0.15) is 29.0 Å². The van der Waals surface area contributed by atoms with Crippen LogP contribution >= 0.6 is 0 Å². The van der Waals surface area contributed by atoms with E-state index >= 15 is 0 Å². The van der Waals surface area contributed by atoms with Crippen LogP contribution in [-0.4, -0.2) is 48.2 Å². The van der Waals surface area contributed by atoms with Gasteiger partial charge in [-0.25, -0.2) is 5.48 Å². The summed E-state index contributed by atoms with van der Waals surface area (Å²) >= 11 is 0. The molecule has 0 saturated heterocycles. The second kappa shape index (κ2) is 8.41. The van der Waals surface area contributed by atoms with Gasteiger partial charge < -0.3 is 29.5 Å². The van der Waals surface area contributed by atoms with Crippen molar-refractivity contribution in [2.24, 2.45) is 0 Å². The van der Waals surface area contributed by atoms with Crippen LogP contribution in [-0.2, 0) is 20.8 Å². The Morgan fingerprint density at radius 3 is 2.31 bits per heavy atom. The molecule has 2 aliphatic rings. The van der Waals surface area contributed by atoms with Gasteiger partial charge in [-0.3, -0.25) is 9.63 Å². The zero-order valence-corrected chi connectivity index (χ0v) is 20.0. The lowest BCUT2D eigenvalue weighted by molar-refractivity contribution is -0.207. The van der Waals surface area contributed by atoms with Crippen LogP contribution in [0.15, 0.2) is 66.7 Å². The number of carbonyl (C=O) groups excluding carboxylic acids is 1. The average Bonchev–Trinajstić information content (AvgIpc) is 3.28. The molecule has 0 bridgehead atoms. The number of rotatable bonds is 6. The highest BCUT2D eigenvalue weighted by molar-refractivity contribution is 5.89. The Labute approximate surface area is 207 Å². The van der Waals surface area contributed by atoms with Gasteiger partial charge in [0.1, 0.15) is 23.0 Å². The molecule has 5 rings (SSSR count). The monoisotopic (exact) mass is 493 g/mol. The van der Waals surface area contributed by atoms with Crippen molar-refractivity contribution in [3.05, 3.63) is 83.4 Å². The first-order valence-electron chi connectivity index (χ1n) is 11.3. The van der Waals surface area contributed by atoms with Gasteiger partial charge in [-0.1, -0.05) is 42.5 Å². The number of benzene rings is 3. The van der Waals surface area contributed by atoms with Gasteiger partial charge in [-0.15, -0.1) is 0 Å². The lowest BCUT2D eigenvalue weighted by Gasteiger charge is -2.43. The fraction of sp³-hybridized carbons (Fsp3) is 0.296. The summed E-state index contributed by atoms with van der Waals surface area (Å²) in [6.07, 6.45) is -0.210. The van der Waals surface area contributed by atoms with Crippen molar-refractivity contribution in [3.8, 4) is 23.0 Å². The number of ether oxygens (including phenoxy) is 3. The van der Waals surface area contributed by atoms with Crippen LogP contribution in [0.2, 0.25) is 0 Å². The zero-order chi connectivity index (χ0) is 25.7. The molecule has 188 valence electrons. The number of phenols is 1. The summed E-state index contributed by atoms with van der Waals surface area (Å²) in [4.78, 5) is 18.3. The summed E-state index contributed by atoms with van der Waals surface area (Å²) in [6.45, 7) is 0. The molecule has 1 amide bonds. The predicted molar refractivity (Wildman–Crippen MR) is 128 cm³/mol. The second-order valence-electron chi connectivity index (χ2n) is 8.96. The normalized spacial score (nSPS) is 28.1. The number of hydrogen-bond acceptors (Lipinski definition) is 8. The van der Waals surface area contributed by atoms with Crippen molar-refractivity contribution in [2.75, 3.05) is 21.3 Å². The summed E-state index contributed by atoms with van der Waals surface area (Å²) in [7, 11) is 4.14. The van der Waals surface area contributed by atoms with Gasteiger partial charge in [0, 0.05) is 18.1 Å². The third kappa shape index (κ3) is 2.97. The number of phenolic OH excluding ortho intramolecular Hbond substituents is 1. The number of hydroxylamine groups is 1. The fourth-order valence-electron chi connectivity index (χ4n) is 5.79. The molecular formula is C27H27NO8. The minimum Gasteiger partial charge on any atom is -0.508 e. The molecule has 0 radical (unpaired) electrons. The van der Waals surface area contributed by atoms with Crippen LogP contribution in [0.4, 0.5) is 0 Å². The molecule has 1 aliphatic carbocycles. The maximum atomic E-state index is 13.4. The van der Waals surface area contributed by atoms with E-state index in [4.69, 9.17) is 19.0 Å². The van der Waals surface area contributed by atoms with Crippen molar-refractivity contribution in [1.82, 2.24) is 5.48 Å². The number of fused-ring (bicyclic) bond motifs is 3. The van der Waals surface area contributed by atoms with E-state index in [9.17, 15) is 20.1 Å². The molecule has 1 aliphatic heterocycles. The van der Waals surface area contributed by atoms with E-state index in [1.807, 2.05) is 30.3 Å². The van der Waals surface area contributed by atoms with Gasteiger partial charge in [0.05, 0.1) is 26.9 Å². The number of carbonyl (C=O) groups is 1. The molecular weight excluding hydrogens is 466 g/mol. The summed E-state index contributed by atoms with van der Waals surface area (Å²) < 4.78 is 17.7. The predicted octanol–water partition coefficient (Wildman–Crippen LogP) is 2.48. The Morgan fingerprint density at radius 1 is 1.00 bits per heavy atom. The molecule has 3 aromatic rings. The lowest BCUT2D eigenvalue weighted by atomic mass is 9.68. The van der Waals surface area contributed by atoms with Crippen LogP contribution < -0.4 is 19.7 Å². The van der Waals surface area contributed by atoms with Gasteiger partial charge in [0.15, 0.2) is 16.8 Å². The van der Waals surface area contributed by atoms with E-state index in [0.29, 0.717) is 11.3 Å².